The molecule has 2 aromatic carbocycles. The second kappa shape index (κ2) is 8.83. The first-order chi connectivity index (χ1) is 16.3. The van der Waals surface area contributed by atoms with Crippen LogP contribution in [0.25, 0.3) is 5.69 Å². The predicted molar refractivity (Wildman–Crippen MR) is 118 cm³/mol. The molecule has 3 aromatic rings. The maximum Gasteiger partial charge on any atom is 0.425 e. The summed E-state index contributed by atoms with van der Waals surface area (Å²) in [5, 5.41) is 4.22. The molecule has 0 spiro atoms. The Morgan fingerprint density at radius 1 is 1.20 bits per heavy atom. The van der Waals surface area contributed by atoms with Gasteiger partial charge in [0.25, 0.3) is 5.91 Å². The smallest absolute Gasteiger partial charge is 0.425 e. The van der Waals surface area contributed by atoms with E-state index in [4.69, 9.17) is 16.3 Å². The minimum Gasteiger partial charge on any atom is -0.480 e. The SMILES string of the molecule is C[C@H](Oc1ccc(S(C)(=O)=O)cc1C(=O)N1Cc2cn(-c3cccc(Cl)c3F)nc2C1)C(F)(F)F. The third-order valence-electron chi connectivity index (χ3n) is 5.42. The van der Waals surface area contributed by atoms with Crippen LogP contribution < -0.4 is 4.74 Å². The zero-order chi connectivity index (χ0) is 25.7. The van der Waals surface area contributed by atoms with Crippen LogP contribution in [0.3, 0.4) is 0 Å². The van der Waals surface area contributed by atoms with Crippen molar-refractivity contribution in [2.75, 3.05) is 6.26 Å². The van der Waals surface area contributed by atoms with E-state index in [1.165, 1.54) is 27.9 Å². The number of carbonyl (C=O) groups is 1. The van der Waals surface area contributed by atoms with Crippen LogP contribution in [-0.2, 0) is 22.9 Å². The molecule has 1 atom stereocenters. The fourth-order valence-electron chi connectivity index (χ4n) is 3.53. The number of nitrogens with zero attached hydrogens (tertiary/aromatic N) is 3. The third kappa shape index (κ3) is 4.98. The number of benzene rings is 2. The van der Waals surface area contributed by atoms with Gasteiger partial charge in [-0.1, -0.05) is 17.7 Å². The molecule has 13 heteroatoms. The van der Waals surface area contributed by atoms with Crippen molar-refractivity contribution in [3.8, 4) is 11.4 Å². The van der Waals surface area contributed by atoms with Gasteiger partial charge in [-0.3, -0.25) is 4.79 Å². The summed E-state index contributed by atoms with van der Waals surface area (Å²) in [6.07, 6.45) is -4.49. The van der Waals surface area contributed by atoms with Gasteiger partial charge >= 0.3 is 6.18 Å². The van der Waals surface area contributed by atoms with E-state index in [1.807, 2.05) is 0 Å². The maximum absolute atomic E-state index is 14.3. The standard InChI is InChI=1S/C22H18ClF4N3O4S/c1-12(22(25,26)27)34-19-7-6-14(35(2,32)33)8-15(19)21(31)29-9-13-10-30(28-17(13)11-29)18-5-3-4-16(23)20(18)24/h3-8,10,12H,9,11H2,1-2H3/t12-/m0/s1. The first kappa shape index (κ1) is 25.0. The predicted octanol–water partition coefficient (Wildman–Crippen LogP) is 4.55. The number of hydrogen-bond donors (Lipinski definition) is 0. The molecule has 1 aromatic heterocycles. The van der Waals surface area contributed by atoms with E-state index >= 15 is 0 Å². The number of ether oxygens (including phenoxy) is 1. The molecular weight excluding hydrogens is 514 g/mol. The van der Waals surface area contributed by atoms with E-state index in [2.05, 4.69) is 5.10 Å². The summed E-state index contributed by atoms with van der Waals surface area (Å²) in [5.41, 5.74) is 0.816. The number of halogens is 5. The fraction of sp³-hybridized carbons (Fsp3) is 0.273. The van der Waals surface area contributed by atoms with Crippen LogP contribution in [0.5, 0.6) is 5.75 Å². The molecule has 0 saturated carbocycles. The Kier molecular flexibility index (Phi) is 6.30. The van der Waals surface area contributed by atoms with Gasteiger partial charge in [-0.05, 0) is 37.3 Å². The van der Waals surface area contributed by atoms with Crippen LogP contribution in [-0.4, -0.2) is 47.5 Å². The van der Waals surface area contributed by atoms with E-state index in [0.717, 1.165) is 31.4 Å². The molecule has 0 bridgehead atoms. The number of alkyl halides is 3. The van der Waals surface area contributed by atoms with Crippen molar-refractivity contribution >= 4 is 27.3 Å². The highest BCUT2D eigenvalue weighted by Crippen LogP contribution is 2.32. The molecule has 1 amide bonds. The number of sulfone groups is 1. The number of rotatable bonds is 5. The van der Waals surface area contributed by atoms with Gasteiger partial charge in [0, 0.05) is 24.6 Å². The van der Waals surface area contributed by atoms with E-state index in [1.54, 1.807) is 6.07 Å². The van der Waals surface area contributed by atoms with Gasteiger partial charge in [0.15, 0.2) is 21.8 Å². The average molecular weight is 532 g/mol. The lowest BCUT2D eigenvalue weighted by molar-refractivity contribution is -0.189. The quantitative estimate of drug-likeness (QED) is 0.451. The van der Waals surface area contributed by atoms with Gasteiger partial charge in [-0.25, -0.2) is 17.5 Å². The molecular formula is C22H18ClF4N3O4S. The normalized spacial score (nSPS) is 14.7. The second-order valence-electron chi connectivity index (χ2n) is 8.01. The highest BCUT2D eigenvalue weighted by atomic mass is 35.5. The molecule has 7 nitrogen and oxygen atoms in total. The van der Waals surface area contributed by atoms with Crippen LogP contribution in [0.1, 0.15) is 28.5 Å². The van der Waals surface area contributed by atoms with Crippen molar-refractivity contribution in [2.24, 2.45) is 0 Å². The van der Waals surface area contributed by atoms with Gasteiger partial charge < -0.3 is 9.64 Å². The monoisotopic (exact) mass is 531 g/mol. The van der Waals surface area contributed by atoms with E-state index in [9.17, 15) is 30.8 Å². The number of fused-ring (bicyclic) bond motifs is 1. The van der Waals surface area contributed by atoms with Crippen molar-refractivity contribution in [2.45, 2.75) is 37.2 Å². The van der Waals surface area contributed by atoms with Gasteiger partial charge in [0.1, 0.15) is 11.4 Å². The second-order valence-corrected chi connectivity index (χ2v) is 10.4. The zero-order valence-electron chi connectivity index (χ0n) is 18.3. The first-order valence-electron chi connectivity index (χ1n) is 10.1. The largest absolute Gasteiger partial charge is 0.480 e. The molecule has 4 rings (SSSR count). The molecule has 0 unspecified atom stereocenters. The van der Waals surface area contributed by atoms with Crippen LogP contribution in [0, 0.1) is 5.82 Å². The summed E-state index contributed by atoms with van der Waals surface area (Å²) in [6.45, 7) is 0.774. The molecule has 35 heavy (non-hydrogen) atoms. The number of carbonyl (C=O) groups excluding carboxylic acids is 1. The zero-order valence-corrected chi connectivity index (χ0v) is 19.9. The minimum atomic E-state index is -4.70. The van der Waals surface area contributed by atoms with Gasteiger partial charge in [-0.15, -0.1) is 0 Å². The Hall–Kier alpha value is -3.12. The maximum atomic E-state index is 14.3. The lowest BCUT2D eigenvalue weighted by atomic mass is 10.1. The van der Waals surface area contributed by atoms with Crippen LogP contribution >= 0.6 is 11.6 Å². The van der Waals surface area contributed by atoms with Crippen LogP contribution in [0.15, 0.2) is 47.5 Å². The van der Waals surface area contributed by atoms with Crippen molar-refractivity contribution in [3.05, 3.63) is 70.3 Å². The number of amides is 1. The third-order valence-corrected chi connectivity index (χ3v) is 6.82. The fourth-order valence-corrected chi connectivity index (χ4v) is 4.34. The van der Waals surface area contributed by atoms with Crippen molar-refractivity contribution in [3.63, 3.8) is 0 Å². The van der Waals surface area contributed by atoms with Crippen molar-refractivity contribution < 1.29 is 35.5 Å². The molecule has 0 N–H and O–H groups in total. The molecule has 2 heterocycles. The highest BCUT2D eigenvalue weighted by molar-refractivity contribution is 7.90. The summed E-state index contributed by atoms with van der Waals surface area (Å²) in [7, 11) is -3.75. The topological polar surface area (TPSA) is 81.5 Å². The first-order valence-corrected chi connectivity index (χ1v) is 12.4. The number of aromatic nitrogens is 2. The lowest BCUT2D eigenvalue weighted by Gasteiger charge is -2.22. The Labute approximate surface area is 202 Å². The molecule has 0 radical (unpaired) electrons. The van der Waals surface area contributed by atoms with E-state index < -0.39 is 39.6 Å². The highest BCUT2D eigenvalue weighted by Gasteiger charge is 2.39. The number of hydrogen-bond acceptors (Lipinski definition) is 5. The van der Waals surface area contributed by atoms with Gasteiger partial charge in [-0.2, -0.15) is 18.3 Å². The summed E-state index contributed by atoms with van der Waals surface area (Å²) in [6, 6.07) is 7.53. The summed E-state index contributed by atoms with van der Waals surface area (Å²) >= 11 is 5.82. The Bertz CT molecular complexity index is 1400. The van der Waals surface area contributed by atoms with Gasteiger partial charge in [0.05, 0.1) is 27.7 Å². The summed E-state index contributed by atoms with van der Waals surface area (Å²) in [5.74, 6) is -1.80. The lowest BCUT2D eigenvalue weighted by Crippen LogP contribution is -2.33. The van der Waals surface area contributed by atoms with E-state index in [-0.39, 0.29) is 34.3 Å². The molecule has 0 fully saturated rings. The Balaban J connectivity index is 1.63. The molecule has 1 aliphatic rings. The average Bonchev–Trinajstić information content (AvgIpc) is 3.33. The van der Waals surface area contributed by atoms with Crippen molar-refractivity contribution in [1.82, 2.24) is 14.7 Å². The van der Waals surface area contributed by atoms with Crippen LogP contribution in [0.4, 0.5) is 17.6 Å². The molecule has 0 saturated heterocycles. The molecule has 186 valence electrons. The minimum absolute atomic E-state index is 0.0215. The molecule has 1 aliphatic heterocycles. The van der Waals surface area contributed by atoms with Crippen LogP contribution in [0.2, 0.25) is 5.02 Å². The summed E-state index contributed by atoms with van der Waals surface area (Å²) < 4.78 is 83.7. The van der Waals surface area contributed by atoms with Crippen molar-refractivity contribution in [1.29, 1.82) is 0 Å². The molecule has 0 aliphatic carbocycles. The van der Waals surface area contributed by atoms with Gasteiger partial charge in [0.2, 0.25) is 0 Å². The Morgan fingerprint density at radius 2 is 1.91 bits per heavy atom. The summed E-state index contributed by atoms with van der Waals surface area (Å²) in [4.78, 5) is 14.3. The van der Waals surface area contributed by atoms with E-state index in [0.29, 0.717) is 11.3 Å². The Morgan fingerprint density at radius 3 is 2.54 bits per heavy atom.